The number of amides is 2. The number of nitrogens with one attached hydrogen (secondary N) is 2. The Kier molecular flexibility index (Phi) is 8.17. The molecular weight excluding hydrogens is 503 g/mol. The SMILES string of the molecule is Nc1ccccc1NC(=O)c1ccc(OCCNC(=O)c2cc3cccc(COCC(F)(F)F)c3o2)cc1. The van der Waals surface area contributed by atoms with Crippen LogP contribution < -0.4 is 21.1 Å². The summed E-state index contributed by atoms with van der Waals surface area (Å²) in [4.78, 5) is 24.9. The normalized spacial score (nSPS) is 11.3. The molecule has 0 aliphatic heterocycles. The molecule has 11 heteroatoms. The van der Waals surface area contributed by atoms with E-state index in [1.165, 1.54) is 6.07 Å². The number of hydrogen-bond donors (Lipinski definition) is 3. The van der Waals surface area contributed by atoms with Gasteiger partial charge in [0.25, 0.3) is 11.8 Å². The lowest BCUT2D eigenvalue weighted by atomic mass is 10.1. The number of hydrogen-bond acceptors (Lipinski definition) is 6. The second-order valence-corrected chi connectivity index (χ2v) is 8.22. The maximum absolute atomic E-state index is 12.5. The van der Waals surface area contributed by atoms with E-state index in [1.54, 1.807) is 66.7 Å². The molecule has 0 atom stereocenters. The maximum atomic E-state index is 12.5. The van der Waals surface area contributed by atoms with Gasteiger partial charge in [0.15, 0.2) is 5.76 Å². The van der Waals surface area contributed by atoms with Gasteiger partial charge in [-0.15, -0.1) is 0 Å². The van der Waals surface area contributed by atoms with Gasteiger partial charge in [-0.3, -0.25) is 9.59 Å². The number of anilines is 2. The van der Waals surface area contributed by atoms with E-state index < -0.39 is 18.7 Å². The maximum Gasteiger partial charge on any atom is 0.411 e. The van der Waals surface area contributed by atoms with Gasteiger partial charge < -0.3 is 30.3 Å². The molecule has 4 N–H and O–H groups in total. The molecule has 38 heavy (non-hydrogen) atoms. The largest absolute Gasteiger partial charge is 0.492 e. The zero-order valence-corrected chi connectivity index (χ0v) is 20.0. The third-order valence-corrected chi connectivity index (χ3v) is 5.35. The average Bonchev–Trinajstić information content (AvgIpc) is 3.33. The summed E-state index contributed by atoms with van der Waals surface area (Å²) in [5.41, 5.74) is 7.93. The zero-order chi connectivity index (χ0) is 27.1. The van der Waals surface area contributed by atoms with E-state index in [-0.39, 0.29) is 37.0 Å². The quantitative estimate of drug-likeness (QED) is 0.194. The number of nitrogens with two attached hydrogens (primary N) is 1. The highest BCUT2D eigenvalue weighted by atomic mass is 19.4. The van der Waals surface area contributed by atoms with Crippen molar-refractivity contribution in [1.29, 1.82) is 0 Å². The van der Waals surface area contributed by atoms with E-state index in [9.17, 15) is 22.8 Å². The van der Waals surface area contributed by atoms with Gasteiger partial charge in [-0.25, -0.2) is 0 Å². The monoisotopic (exact) mass is 527 g/mol. The summed E-state index contributed by atoms with van der Waals surface area (Å²) >= 11 is 0. The second-order valence-electron chi connectivity index (χ2n) is 8.22. The van der Waals surface area contributed by atoms with E-state index in [0.717, 1.165) is 0 Å². The summed E-state index contributed by atoms with van der Waals surface area (Å²) in [6.45, 7) is -1.38. The van der Waals surface area contributed by atoms with E-state index >= 15 is 0 Å². The minimum Gasteiger partial charge on any atom is -0.492 e. The first-order valence-corrected chi connectivity index (χ1v) is 11.5. The molecule has 0 bridgehead atoms. The molecule has 0 radical (unpaired) electrons. The van der Waals surface area contributed by atoms with Crippen LogP contribution in [-0.4, -0.2) is 37.7 Å². The number of para-hydroxylation sites is 3. The fourth-order valence-corrected chi connectivity index (χ4v) is 3.55. The Morgan fingerprint density at radius 2 is 1.71 bits per heavy atom. The van der Waals surface area contributed by atoms with Crippen LogP contribution >= 0.6 is 0 Å². The molecule has 4 rings (SSSR count). The predicted octanol–water partition coefficient (Wildman–Crippen LogP) is 5.16. The van der Waals surface area contributed by atoms with Crippen molar-refractivity contribution in [2.45, 2.75) is 12.8 Å². The van der Waals surface area contributed by atoms with Gasteiger partial charge in [0.2, 0.25) is 0 Å². The fraction of sp³-hybridized carbons (Fsp3) is 0.185. The Bertz CT molecular complexity index is 1420. The highest BCUT2D eigenvalue weighted by molar-refractivity contribution is 6.05. The average molecular weight is 527 g/mol. The number of carbonyl (C=O) groups is 2. The number of fused-ring (bicyclic) bond motifs is 1. The summed E-state index contributed by atoms with van der Waals surface area (Å²) in [6, 6.07) is 19.8. The van der Waals surface area contributed by atoms with Crippen LogP contribution in [0.2, 0.25) is 0 Å². The number of alkyl halides is 3. The Hall–Kier alpha value is -4.51. The molecule has 2 amide bonds. The van der Waals surface area contributed by atoms with Crippen molar-refractivity contribution in [2.24, 2.45) is 0 Å². The van der Waals surface area contributed by atoms with Crippen molar-refractivity contribution in [3.63, 3.8) is 0 Å². The van der Waals surface area contributed by atoms with Crippen LogP contribution in [0.1, 0.15) is 26.5 Å². The second kappa shape index (κ2) is 11.7. The molecule has 0 fully saturated rings. The van der Waals surface area contributed by atoms with E-state index in [4.69, 9.17) is 19.6 Å². The van der Waals surface area contributed by atoms with Crippen molar-refractivity contribution >= 4 is 34.2 Å². The first kappa shape index (κ1) is 26.6. The minimum atomic E-state index is -4.43. The van der Waals surface area contributed by atoms with Gasteiger partial charge in [-0.1, -0.05) is 30.3 Å². The lowest BCUT2D eigenvalue weighted by molar-refractivity contribution is -0.176. The molecule has 4 aromatic rings. The van der Waals surface area contributed by atoms with Gasteiger partial charge >= 0.3 is 6.18 Å². The Labute approximate surface area is 215 Å². The van der Waals surface area contributed by atoms with Gasteiger partial charge in [-0.05, 0) is 42.5 Å². The molecule has 0 saturated heterocycles. The van der Waals surface area contributed by atoms with Crippen LogP contribution in [0.4, 0.5) is 24.5 Å². The van der Waals surface area contributed by atoms with Crippen molar-refractivity contribution < 1.29 is 36.7 Å². The molecular formula is C27H24F3N3O5. The first-order valence-electron chi connectivity index (χ1n) is 11.5. The molecule has 3 aromatic carbocycles. The summed E-state index contributed by atoms with van der Waals surface area (Å²) in [7, 11) is 0. The molecule has 198 valence electrons. The number of carbonyl (C=O) groups excluding carboxylic acids is 2. The molecule has 1 heterocycles. The third kappa shape index (κ3) is 7.04. The Morgan fingerprint density at radius 3 is 2.45 bits per heavy atom. The summed E-state index contributed by atoms with van der Waals surface area (Å²) in [6.07, 6.45) is -4.43. The number of halogens is 3. The first-order chi connectivity index (χ1) is 18.2. The number of nitrogen functional groups attached to an aromatic ring is 1. The van der Waals surface area contributed by atoms with Crippen molar-refractivity contribution in [2.75, 3.05) is 30.8 Å². The number of furan rings is 1. The lowest BCUT2D eigenvalue weighted by Gasteiger charge is -2.09. The van der Waals surface area contributed by atoms with E-state index in [2.05, 4.69) is 10.6 Å². The molecule has 0 aliphatic carbocycles. The van der Waals surface area contributed by atoms with Crippen molar-refractivity contribution in [3.8, 4) is 5.75 Å². The predicted molar refractivity (Wildman–Crippen MR) is 135 cm³/mol. The zero-order valence-electron chi connectivity index (χ0n) is 20.0. The number of ether oxygens (including phenoxy) is 2. The molecule has 8 nitrogen and oxygen atoms in total. The topological polar surface area (TPSA) is 116 Å². The Balaban J connectivity index is 1.25. The highest BCUT2D eigenvalue weighted by Gasteiger charge is 2.27. The van der Waals surface area contributed by atoms with E-state index in [0.29, 0.717) is 33.6 Å². The smallest absolute Gasteiger partial charge is 0.411 e. The van der Waals surface area contributed by atoms with Crippen LogP contribution in [0, 0.1) is 0 Å². The highest BCUT2D eigenvalue weighted by Crippen LogP contribution is 2.25. The summed E-state index contributed by atoms with van der Waals surface area (Å²) in [5.74, 6) is -0.304. The van der Waals surface area contributed by atoms with Crippen LogP contribution in [0.15, 0.2) is 77.2 Å². The van der Waals surface area contributed by atoms with Gasteiger partial charge in [0.1, 0.15) is 24.5 Å². The van der Waals surface area contributed by atoms with Crippen LogP contribution in [0.25, 0.3) is 11.0 Å². The molecule has 0 saturated carbocycles. The molecule has 0 spiro atoms. The van der Waals surface area contributed by atoms with Crippen molar-refractivity contribution in [3.05, 3.63) is 89.7 Å². The lowest BCUT2D eigenvalue weighted by Crippen LogP contribution is -2.27. The third-order valence-electron chi connectivity index (χ3n) is 5.35. The number of benzene rings is 3. The van der Waals surface area contributed by atoms with Crippen molar-refractivity contribution in [1.82, 2.24) is 5.32 Å². The van der Waals surface area contributed by atoms with Crippen LogP contribution in [0.5, 0.6) is 5.75 Å². The van der Waals surface area contributed by atoms with E-state index in [1.807, 2.05) is 0 Å². The Morgan fingerprint density at radius 1 is 0.947 bits per heavy atom. The molecule has 0 aliphatic rings. The number of rotatable bonds is 10. The minimum absolute atomic E-state index is 0.0117. The molecule has 0 unspecified atom stereocenters. The van der Waals surface area contributed by atoms with Gasteiger partial charge in [-0.2, -0.15) is 13.2 Å². The van der Waals surface area contributed by atoms with Gasteiger partial charge in [0, 0.05) is 16.5 Å². The van der Waals surface area contributed by atoms with Crippen LogP contribution in [-0.2, 0) is 11.3 Å². The molecule has 1 aromatic heterocycles. The standard InChI is InChI=1S/C27H24F3N3O5/c28-27(29,30)16-36-15-19-5-3-4-18-14-23(38-24(18)19)26(35)32-12-13-37-20-10-8-17(9-11-20)25(34)33-22-7-2-1-6-21(22)31/h1-11,14H,12-13,15-16,31H2,(H,32,35)(H,33,34). The van der Waals surface area contributed by atoms with Crippen LogP contribution in [0.3, 0.4) is 0 Å². The fourth-order valence-electron chi connectivity index (χ4n) is 3.55. The summed E-state index contributed by atoms with van der Waals surface area (Å²) in [5, 5.41) is 5.97. The summed E-state index contributed by atoms with van der Waals surface area (Å²) < 4.78 is 52.9. The van der Waals surface area contributed by atoms with Gasteiger partial charge in [0.05, 0.1) is 24.5 Å².